The fourth-order valence-electron chi connectivity index (χ4n) is 3.57. The third-order valence-corrected chi connectivity index (χ3v) is 6.13. The number of hydrogen-bond donors (Lipinski definition) is 0. The maximum Gasteiger partial charge on any atom is 0.0872 e. The van der Waals surface area contributed by atoms with Gasteiger partial charge in [0.1, 0.15) is 0 Å². The number of rotatable bonds is 9. The Morgan fingerprint density at radius 2 is 1.00 bits per heavy atom. The summed E-state index contributed by atoms with van der Waals surface area (Å²) in [5.41, 5.74) is 5.19. The molecule has 0 spiro atoms. The monoisotopic (exact) mass is 417 g/mol. The highest BCUT2D eigenvalue weighted by atomic mass is 16.5. The molecule has 3 nitrogen and oxygen atoms in total. The van der Waals surface area contributed by atoms with Crippen LogP contribution >= 0.6 is 0 Å². The highest BCUT2D eigenvalue weighted by molar-refractivity contribution is 5.54. The molecule has 0 atom stereocenters. The summed E-state index contributed by atoms with van der Waals surface area (Å²) in [5, 5.41) is 0. The molecule has 0 aliphatic rings. The highest BCUT2D eigenvalue weighted by Gasteiger charge is 2.27. The molecule has 0 aliphatic carbocycles. The van der Waals surface area contributed by atoms with Crippen LogP contribution < -0.4 is 4.90 Å². The SMILES string of the molecule is COC(C)(C)c1cc(N(Cc2ccccc2)Cc2ccccc2)cc(C(C)(C)OC)c1. The van der Waals surface area contributed by atoms with E-state index in [0.29, 0.717) is 0 Å². The van der Waals surface area contributed by atoms with Gasteiger partial charge in [-0.15, -0.1) is 0 Å². The van der Waals surface area contributed by atoms with Crippen molar-refractivity contribution in [2.75, 3.05) is 19.1 Å². The van der Waals surface area contributed by atoms with Crippen molar-refractivity contribution in [3.8, 4) is 0 Å². The molecule has 0 N–H and O–H groups in total. The van der Waals surface area contributed by atoms with E-state index in [1.165, 1.54) is 11.1 Å². The van der Waals surface area contributed by atoms with Gasteiger partial charge in [-0.2, -0.15) is 0 Å². The summed E-state index contributed by atoms with van der Waals surface area (Å²) < 4.78 is 11.7. The number of benzene rings is 3. The third kappa shape index (κ3) is 5.75. The fraction of sp³-hybridized carbons (Fsp3) is 0.357. The molecule has 0 fully saturated rings. The molecular weight excluding hydrogens is 382 g/mol. The molecule has 0 aromatic heterocycles. The molecule has 164 valence electrons. The van der Waals surface area contributed by atoms with Crippen LogP contribution in [-0.4, -0.2) is 14.2 Å². The van der Waals surface area contributed by atoms with Crippen molar-refractivity contribution >= 4 is 5.69 Å². The summed E-state index contributed by atoms with van der Waals surface area (Å²) in [6.07, 6.45) is 0. The van der Waals surface area contributed by atoms with E-state index in [4.69, 9.17) is 9.47 Å². The van der Waals surface area contributed by atoms with Crippen LogP contribution in [-0.2, 0) is 33.8 Å². The minimum Gasteiger partial charge on any atom is -0.374 e. The van der Waals surface area contributed by atoms with Crippen molar-refractivity contribution in [3.05, 3.63) is 101 Å². The topological polar surface area (TPSA) is 21.7 Å². The lowest BCUT2D eigenvalue weighted by molar-refractivity contribution is 0.0135. The molecular formula is C28H35NO2. The van der Waals surface area contributed by atoms with E-state index < -0.39 is 11.2 Å². The van der Waals surface area contributed by atoms with Gasteiger partial charge in [-0.25, -0.2) is 0 Å². The zero-order valence-corrected chi connectivity index (χ0v) is 19.7. The number of anilines is 1. The van der Waals surface area contributed by atoms with Gasteiger partial charge < -0.3 is 14.4 Å². The van der Waals surface area contributed by atoms with Gasteiger partial charge in [0.2, 0.25) is 0 Å². The summed E-state index contributed by atoms with van der Waals surface area (Å²) in [4.78, 5) is 2.43. The van der Waals surface area contributed by atoms with Crippen LogP contribution in [0.5, 0.6) is 0 Å². The molecule has 0 heterocycles. The van der Waals surface area contributed by atoms with Gasteiger partial charge in [0.25, 0.3) is 0 Å². The number of ether oxygens (including phenoxy) is 2. The highest BCUT2D eigenvalue weighted by Crippen LogP contribution is 2.35. The van der Waals surface area contributed by atoms with Crippen molar-refractivity contribution < 1.29 is 9.47 Å². The van der Waals surface area contributed by atoms with Crippen LogP contribution in [0.25, 0.3) is 0 Å². The number of methoxy groups -OCH3 is 2. The predicted molar refractivity (Wildman–Crippen MR) is 129 cm³/mol. The van der Waals surface area contributed by atoms with E-state index in [1.807, 2.05) is 0 Å². The minimum absolute atomic E-state index is 0.403. The Morgan fingerprint density at radius 1 is 0.613 bits per heavy atom. The molecule has 3 aromatic carbocycles. The average Bonchev–Trinajstić information content (AvgIpc) is 2.79. The van der Waals surface area contributed by atoms with Crippen molar-refractivity contribution in [3.63, 3.8) is 0 Å². The first-order chi connectivity index (χ1) is 14.7. The van der Waals surface area contributed by atoms with Gasteiger partial charge in [-0.1, -0.05) is 60.7 Å². The first-order valence-corrected chi connectivity index (χ1v) is 10.8. The molecule has 0 radical (unpaired) electrons. The standard InChI is InChI=1S/C28H35NO2/c1-27(2,30-5)24-17-25(28(3,4)31-6)19-26(18-24)29(20-22-13-9-7-10-14-22)21-23-15-11-8-12-16-23/h7-19H,20-21H2,1-6H3. The average molecular weight is 418 g/mol. The molecule has 3 aromatic rings. The van der Waals surface area contributed by atoms with E-state index in [1.54, 1.807) is 14.2 Å². The lowest BCUT2D eigenvalue weighted by Crippen LogP contribution is -2.27. The quantitative estimate of drug-likeness (QED) is 0.389. The van der Waals surface area contributed by atoms with E-state index >= 15 is 0 Å². The summed E-state index contributed by atoms with van der Waals surface area (Å²) in [6.45, 7) is 10.1. The number of nitrogens with zero attached hydrogens (tertiary/aromatic N) is 1. The molecule has 0 aliphatic heterocycles. The second-order valence-corrected chi connectivity index (χ2v) is 9.02. The van der Waals surface area contributed by atoms with E-state index in [2.05, 4.69) is 111 Å². The van der Waals surface area contributed by atoms with E-state index in [9.17, 15) is 0 Å². The summed E-state index contributed by atoms with van der Waals surface area (Å²) in [5.74, 6) is 0. The van der Waals surface area contributed by atoms with Crippen LogP contribution in [0, 0.1) is 0 Å². The van der Waals surface area contributed by atoms with E-state index in [-0.39, 0.29) is 0 Å². The van der Waals surface area contributed by atoms with Gasteiger partial charge in [-0.05, 0) is 68.1 Å². The fourth-order valence-corrected chi connectivity index (χ4v) is 3.57. The Bertz CT molecular complexity index is 889. The summed E-state index contributed by atoms with van der Waals surface area (Å²) >= 11 is 0. The van der Waals surface area contributed by atoms with Gasteiger partial charge in [0, 0.05) is 33.0 Å². The van der Waals surface area contributed by atoms with E-state index in [0.717, 1.165) is 29.9 Å². The zero-order chi connectivity index (χ0) is 22.5. The van der Waals surface area contributed by atoms with Gasteiger partial charge in [0.05, 0.1) is 11.2 Å². The Hall–Kier alpha value is -2.62. The second kappa shape index (κ2) is 9.67. The van der Waals surface area contributed by atoms with Crippen molar-refractivity contribution in [1.29, 1.82) is 0 Å². The zero-order valence-electron chi connectivity index (χ0n) is 19.7. The van der Waals surface area contributed by atoms with Crippen molar-refractivity contribution in [2.45, 2.75) is 52.0 Å². The molecule has 0 amide bonds. The second-order valence-electron chi connectivity index (χ2n) is 9.02. The van der Waals surface area contributed by atoms with Crippen molar-refractivity contribution in [2.24, 2.45) is 0 Å². The Morgan fingerprint density at radius 3 is 1.35 bits per heavy atom. The molecule has 0 bridgehead atoms. The smallest absolute Gasteiger partial charge is 0.0872 e. The lowest BCUT2D eigenvalue weighted by atomic mass is 9.89. The normalized spacial score (nSPS) is 12.1. The summed E-state index contributed by atoms with van der Waals surface area (Å²) in [7, 11) is 3.53. The molecule has 0 saturated heterocycles. The Kier molecular flexibility index (Phi) is 7.19. The minimum atomic E-state index is -0.403. The van der Waals surface area contributed by atoms with Crippen molar-refractivity contribution in [1.82, 2.24) is 0 Å². The Balaban J connectivity index is 2.11. The van der Waals surface area contributed by atoms with Crippen LogP contribution in [0.4, 0.5) is 5.69 Å². The van der Waals surface area contributed by atoms with Gasteiger partial charge in [-0.3, -0.25) is 0 Å². The van der Waals surface area contributed by atoms with Crippen LogP contribution in [0.1, 0.15) is 49.9 Å². The van der Waals surface area contributed by atoms with Crippen LogP contribution in [0.3, 0.4) is 0 Å². The maximum absolute atomic E-state index is 5.84. The molecule has 0 saturated carbocycles. The maximum atomic E-state index is 5.84. The van der Waals surface area contributed by atoms with Crippen LogP contribution in [0.2, 0.25) is 0 Å². The van der Waals surface area contributed by atoms with Gasteiger partial charge >= 0.3 is 0 Å². The molecule has 0 unspecified atom stereocenters. The molecule has 31 heavy (non-hydrogen) atoms. The molecule has 3 heteroatoms. The predicted octanol–water partition coefficient (Wildman–Crippen LogP) is 6.66. The Labute approximate surface area is 187 Å². The number of hydrogen-bond acceptors (Lipinski definition) is 3. The lowest BCUT2D eigenvalue weighted by Gasteiger charge is -2.32. The first kappa shape index (κ1) is 23.1. The largest absolute Gasteiger partial charge is 0.374 e. The first-order valence-electron chi connectivity index (χ1n) is 10.8. The van der Waals surface area contributed by atoms with Gasteiger partial charge in [0.15, 0.2) is 0 Å². The van der Waals surface area contributed by atoms with Crippen LogP contribution in [0.15, 0.2) is 78.9 Å². The summed E-state index contributed by atoms with van der Waals surface area (Å²) in [6, 6.07) is 28.0. The third-order valence-electron chi connectivity index (χ3n) is 6.13. The molecule has 3 rings (SSSR count).